The molecular formula is C22H26N2O3S. The van der Waals surface area contributed by atoms with Crippen LogP contribution in [-0.2, 0) is 17.6 Å². The molecular weight excluding hydrogens is 372 g/mol. The van der Waals surface area contributed by atoms with Crippen molar-refractivity contribution >= 4 is 27.5 Å². The molecule has 0 saturated heterocycles. The van der Waals surface area contributed by atoms with Crippen LogP contribution in [0.4, 0.5) is 0 Å². The second-order valence-corrected chi connectivity index (χ2v) is 7.69. The Kier molecular flexibility index (Phi) is 7.25. The third kappa shape index (κ3) is 5.45. The lowest BCUT2D eigenvalue weighted by atomic mass is 10.1. The Bertz CT molecular complexity index is 890. The first-order valence-corrected chi connectivity index (χ1v) is 10.3. The number of para-hydroxylation sites is 1. The summed E-state index contributed by atoms with van der Waals surface area (Å²) >= 11 is 1.74. The lowest BCUT2D eigenvalue weighted by molar-refractivity contribution is -0.121. The number of carbonyl (C=O) groups excluding carboxylic acids is 1. The van der Waals surface area contributed by atoms with Crippen LogP contribution in [0.2, 0.25) is 0 Å². The minimum Gasteiger partial charge on any atom is -0.493 e. The molecule has 0 radical (unpaired) electrons. The van der Waals surface area contributed by atoms with E-state index in [9.17, 15) is 4.79 Å². The first-order chi connectivity index (χ1) is 13.7. The van der Waals surface area contributed by atoms with Gasteiger partial charge in [0.15, 0.2) is 11.5 Å². The van der Waals surface area contributed by atoms with E-state index < -0.39 is 0 Å². The summed E-state index contributed by atoms with van der Waals surface area (Å²) in [7, 11) is 3.24. The van der Waals surface area contributed by atoms with Crippen molar-refractivity contribution in [3.63, 3.8) is 0 Å². The van der Waals surface area contributed by atoms with E-state index in [-0.39, 0.29) is 5.91 Å². The molecule has 1 amide bonds. The summed E-state index contributed by atoms with van der Waals surface area (Å²) in [6.45, 7) is 0.617. The van der Waals surface area contributed by atoms with Crippen molar-refractivity contribution in [2.75, 3.05) is 20.8 Å². The zero-order valence-corrected chi connectivity index (χ0v) is 17.2. The predicted molar refractivity (Wildman–Crippen MR) is 113 cm³/mol. The molecule has 1 aromatic heterocycles. The summed E-state index contributed by atoms with van der Waals surface area (Å²) < 4.78 is 11.8. The third-order valence-electron chi connectivity index (χ3n) is 4.57. The second-order valence-electron chi connectivity index (χ2n) is 6.57. The van der Waals surface area contributed by atoms with E-state index in [1.54, 1.807) is 25.6 Å². The van der Waals surface area contributed by atoms with Gasteiger partial charge in [0, 0.05) is 13.0 Å². The highest BCUT2D eigenvalue weighted by Crippen LogP contribution is 2.27. The minimum atomic E-state index is 0.102. The Morgan fingerprint density at radius 2 is 1.86 bits per heavy atom. The number of methoxy groups -OCH3 is 2. The van der Waals surface area contributed by atoms with Gasteiger partial charge in [-0.2, -0.15) is 0 Å². The van der Waals surface area contributed by atoms with E-state index in [2.05, 4.69) is 16.4 Å². The number of fused-ring (bicyclic) bond motifs is 1. The maximum atomic E-state index is 12.0. The molecule has 148 valence electrons. The summed E-state index contributed by atoms with van der Waals surface area (Å²) in [5, 5.41) is 4.14. The van der Waals surface area contributed by atoms with E-state index in [1.807, 2.05) is 36.4 Å². The normalized spacial score (nSPS) is 10.8. The smallest absolute Gasteiger partial charge is 0.220 e. The number of amides is 1. The highest BCUT2D eigenvalue weighted by Gasteiger charge is 2.07. The van der Waals surface area contributed by atoms with Crippen LogP contribution in [0.5, 0.6) is 11.5 Å². The molecule has 0 aliphatic heterocycles. The standard InChI is InChI=1S/C22H26N2O3S/c1-26-18-12-11-16(15-19(18)27-2)13-14-23-21(25)9-5-6-10-22-24-17-7-3-4-8-20(17)28-22/h3-4,7-8,11-12,15H,5-6,9-10,13-14H2,1-2H3,(H,23,25). The number of benzene rings is 2. The van der Waals surface area contributed by atoms with E-state index in [4.69, 9.17) is 9.47 Å². The number of hydrogen-bond acceptors (Lipinski definition) is 5. The molecule has 0 aliphatic rings. The van der Waals surface area contributed by atoms with Gasteiger partial charge in [-0.3, -0.25) is 4.79 Å². The zero-order valence-electron chi connectivity index (χ0n) is 16.4. The van der Waals surface area contributed by atoms with Gasteiger partial charge in [-0.05, 0) is 55.5 Å². The highest BCUT2D eigenvalue weighted by atomic mass is 32.1. The van der Waals surface area contributed by atoms with Crippen LogP contribution in [-0.4, -0.2) is 31.7 Å². The molecule has 6 heteroatoms. The Morgan fingerprint density at radius 1 is 1.04 bits per heavy atom. The van der Waals surface area contributed by atoms with Crippen molar-refractivity contribution in [1.82, 2.24) is 10.3 Å². The van der Waals surface area contributed by atoms with Crippen LogP contribution in [0.25, 0.3) is 10.2 Å². The molecule has 1 heterocycles. The summed E-state index contributed by atoms with van der Waals surface area (Å²) in [4.78, 5) is 16.7. The Hall–Kier alpha value is -2.60. The molecule has 2 aromatic carbocycles. The Labute approximate surface area is 169 Å². The summed E-state index contributed by atoms with van der Waals surface area (Å²) in [5.74, 6) is 1.52. The SMILES string of the molecule is COc1ccc(CCNC(=O)CCCCc2nc3ccccc3s2)cc1OC. The number of nitrogens with zero attached hydrogens (tertiary/aromatic N) is 1. The number of unbranched alkanes of at least 4 members (excludes halogenated alkanes) is 1. The number of aromatic nitrogens is 1. The van der Waals surface area contributed by atoms with Gasteiger partial charge in [-0.25, -0.2) is 4.98 Å². The van der Waals surface area contributed by atoms with Crippen molar-refractivity contribution in [3.8, 4) is 11.5 Å². The van der Waals surface area contributed by atoms with Gasteiger partial charge in [0.1, 0.15) is 0 Å². The largest absolute Gasteiger partial charge is 0.493 e. The van der Waals surface area contributed by atoms with Crippen LogP contribution >= 0.6 is 11.3 Å². The van der Waals surface area contributed by atoms with Crippen molar-refractivity contribution in [3.05, 3.63) is 53.0 Å². The van der Waals surface area contributed by atoms with Crippen molar-refractivity contribution in [1.29, 1.82) is 0 Å². The lowest BCUT2D eigenvalue weighted by Gasteiger charge is -2.10. The Balaban J connectivity index is 1.34. The van der Waals surface area contributed by atoms with Crippen molar-refractivity contribution in [2.24, 2.45) is 0 Å². The van der Waals surface area contributed by atoms with Gasteiger partial charge in [0.2, 0.25) is 5.91 Å². The van der Waals surface area contributed by atoms with Gasteiger partial charge >= 0.3 is 0 Å². The molecule has 0 atom stereocenters. The van der Waals surface area contributed by atoms with E-state index in [0.717, 1.165) is 41.8 Å². The van der Waals surface area contributed by atoms with E-state index in [0.29, 0.717) is 24.5 Å². The van der Waals surface area contributed by atoms with Crippen molar-refractivity contribution < 1.29 is 14.3 Å². The minimum absolute atomic E-state index is 0.102. The molecule has 28 heavy (non-hydrogen) atoms. The molecule has 3 aromatic rings. The molecule has 0 fully saturated rings. The van der Waals surface area contributed by atoms with Crippen LogP contribution < -0.4 is 14.8 Å². The average molecular weight is 399 g/mol. The molecule has 3 rings (SSSR count). The molecule has 1 N–H and O–H groups in total. The topological polar surface area (TPSA) is 60.5 Å². The van der Waals surface area contributed by atoms with Gasteiger partial charge < -0.3 is 14.8 Å². The summed E-state index contributed by atoms with van der Waals surface area (Å²) in [6, 6.07) is 14.0. The predicted octanol–water partition coefficient (Wildman–Crippen LogP) is 4.39. The van der Waals surface area contributed by atoms with Gasteiger partial charge in [0.05, 0.1) is 29.4 Å². The zero-order chi connectivity index (χ0) is 19.8. The maximum absolute atomic E-state index is 12.0. The molecule has 0 saturated carbocycles. The lowest BCUT2D eigenvalue weighted by Crippen LogP contribution is -2.25. The van der Waals surface area contributed by atoms with Gasteiger partial charge in [0.25, 0.3) is 0 Å². The molecule has 0 bridgehead atoms. The van der Waals surface area contributed by atoms with E-state index >= 15 is 0 Å². The first kappa shape index (κ1) is 20.1. The number of nitrogens with one attached hydrogen (secondary N) is 1. The van der Waals surface area contributed by atoms with E-state index in [1.165, 1.54) is 4.70 Å². The number of rotatable bonds is 10. The number of aryl methyl sites for hydroxylation is 1. The summed E-state index contributed by atoms with van der Waals surface area (Å²) in [6.07, 6.45) is 4.09. The Morgan fingerprint density at radius 3 is 2.64 bits per heavy atom. The first-order valence-electron chi connectivity index (χ1n) is 9.51. The van der Waals surface area contributed by atoms with Gasteiger partial charge in [-0.15, -0.1) is 11.3 Å². The number of ether oxygens (including phenoxy) is 2. The van der Waals surface area contributed by atoms with Crippen LogP contribution in [0.1, 0.15) is 29.8 Å². The number of hydrogen-bond donors (Lipinski definition) is 1. The fourth-order valence-corrected chi connectivity index (χ4v) is 4.07. The molecule has 0 spiro atoms. The second kappa shape index (κ2) is 10.1. The fourth-order valence-electron chi connectivity index (χ4n) is 3.06. The quantitative estimate of drug-likeness (QED) is 0.515. The maximum Gasteiger partial charge on any atom is 0.220 e. The fraction of sp³-hybridized carbons (Fsp3) is 0.364. The average Bonchev–Trinajstić information content (AvgIpc) is 3.14. The van der Waals surface area contributed by atoms with Crippen molar-refractivity contribution in [2.45, 2.75) is 32.1 Å². The van der Waals surface area contributed by atoms with Crippen LogP contribution in [0.15, 0.2) is 42.5 Å². The molecule has 5 nitrogen and oxygen atoms in total. The van der Waals surface area contributed by atoms with Gasteiger partial charge in [-0.1, -0.05) is 18.2 Å². The number of thiazole rings is 1. The van der Waals surface area contributed by atoms with Crippen LogP contribution in [0, 0.1) is 0 Å². The highest BCUT2D eigenvalue weighted by molar-refractivity contribution is 7.18. The molecule has 0 aliphatic carbocycles. The third-order valence-corrected chi connectivity index (χ3v) is 5.66. The van der Waals surface area contributed by atoms with Crippen LogP contribution in [0.3, 0.4) is 0 Å². The number of carbonyl (C=O) groups is 1. The monoisotopic (exact) mass is 398 g/mol. The molecule has 0 unspecified atom stereocenters. The summed E-state index contributed by atoms with van der Waals surface area (Å²) in [5.41, 5.74) is 2.17.